The molecule has 0 atom stereocenters. The number of nitrogens with one attached hydrogen (secondary N) is 1. The molecule has 0 bridgehead atoms. The van der Waals surface area contributed by atoms with Gasteiger partial charge in [-0.15, -0.1) is 10.2 Å². The van der Waals surface area contributed by atoms with Gasteiger partial charge in [0.2, 0.25) is 5.91 Å². The molecule has 0 spiro atoms. The Morgan fingerprint density at radius 3 is 2.71 bits per heavy atom. The molecule has 2 aromatic carbocycles. The summed E-state index contributed by atoms with van der Waals surface area (Å²) in [5.74, 6) is 1.15. The lowest BCUT2D eigenvalue weighted by atomic mass is 10.2. The molecule has 31 heavy (non-hydrogen) atoms. The number of aromatic nitrogens is 4. The largest absolute Gasteiger partial charge is 0.360 e. The number of carbonyl (C=O) groups excluding carboxylic acids is 1. The van der Waals surface area contributed by atoms with Crippen LogP contribution in [0.25, 0.3) is 17.1 Å². The molecule has 158 valence electrons. The third kappa shape index (κ3) is 4.78. The van der Waals surface area contributed by atoms with Crippen molar-refractivity contribution in [3.63, 3.8) is 0 Å². The van der Waals surface area contributed by atoms with Gasteiger partial charge in [-0.2, -0.15) is 0 Å². The predicted molar refractivity (Wildman–Crippen MR) is 117 cm³/mol. The second kappa shape index (κ2) is 9.32. The van der Waals surface area contributed by atoms with Gasteiger partial charge < -0.3 is 9.84 Å². The van der Waals surface area contributed by atoms with E-state index in [-0.39, 0.29) is 12.3 Å². The Morgan fingerprint density at radius 1 is 1.19 bits per heavy atom. The number of aryl methyl sites for hydroxylation is 1. The highest BCUT2D eigenvalue weighted by atomic mass is 35.5. The first-order valence-electron chi connectivity index (χ1n) is 9.34. The molecule has 2 aromatic heterocycles. The maximum absolute atomic E-state index is 14.6. The molecule has 1 amide bonds. The Balaban J connectivity index is 1.57. The van der Waals surface area contributed by atoms with Gasteiger partial charge in [0.25, 0.3) is 0 Å². The van der Waals surface area contributed by atoms with E-state index < -0.39 is 5.82 Å². The zero-order valence-electron chi connectivity index (χ0n) is 16.4. The SMILES string of the molecule is Cc1cc(NC(=O)CCSc2nnc(-c3ccccc3Cl)n2-c2ccccc2F)no1. The van der Waals surface area contributed by atoms with Crippen LogP contribution in [0.1, 0.15) is 12.2 Å². The van der Waals surface area contributed by atoms with E-state index in [2.05, 4.69) is 20.7 Å². The summed E-state index contributed by atoms with van der Waals surface area (Å²) in [7, 11) is 0. The van der Waals surface area contributed by atoms with Crippen LogP contribution in [0.2, 0.25) is 5.02 Å². The summed E-state index contributed by atoms with van der Waals surface area (Å²) >= 11 is 7.63. The second-order valence-electron chi connectivity index (χ2n) is 6.54. The molecule has 4 rings (SSSR count). The number of carbonyl (C=O) groups is 1. The Kier molecular flexibility index (Phi) is 6.34. The van der Waals surface area contributed by atoms with Crippen LogP contribution < -0.4 is 5.32 Å². The van der Waals surface area contributed by atoms with Gasteiger partial charge >= 0.3 is 0 Å². The zero-order chi connectivity index (χ0) is 21.8. The lowest BCUT2D eigenvalue weighted by Gasteiger charge is -2.12. The van der Waals surface area contributed by atoms with Crippen LogP contribution >= 0.6 is 23.4 Å². The molecule has 0 aliphatic heterocycles. The first kappa shape index (κ1) is 21.1. The lowest BCUT2D eigenvalue weighted by Crippen LogP contribution is -2.12. The van der Waals surface area contributed by atoms with Crippen molar-refractivity contribution in [1.82, 2.24) is 19.9 Å². The van der Waals surface area contributed by atoms with Crippen LogP contribution in [0.15, 0.2) is 64.3 Å². The standard InChI is InChI=1S/C21H17ClFN5O2S/c1-13-12-18(27-30-13)24-19(29)10-11-31-21-26-25-20(14-6-2-3-7-15(14)22)28(21)17-9-5-4-8-16(17)23/h2-9,12H,10-11H2,1H3,(H,24,27,29). The molecule has 0 saturated carbocycles. The maximum atomic E-state index is 14.6. The number of hydrogen-bond donors (Lipinski definition) is 1. The lowest BCUT2D eigenvalue weighted by molar-refractivity contribution is -0.115. The number of para-hydroxylation sites is 1. The predicted octanol–water partition coefficient (Wildman–Crippen LogP) is 5.14. The van der Waals surface area contributed by atoms with Crippen LogP contribution in [0.5, 0.6) is 0 Å². The molecule has 0 aliphatic rings. The molecule has 0 saturated heterocycles. The van der Waals surface area contributed by atoms with E-state index in [0.717, 1.165) is 0 Å². The van der Waals surface area contributed by atoms with Gasteiger partial charge in [0, 0.05) is 23.8 Å². The topological polar surface area (TPSA) is 85.8 Å². The fourth-order valence-electron chi connectivity index (χ4n) is 2.90. The van der Waals surface area contributed by atoms with E-state index in [1.54, 1.807) is 54.0 Å². The van der Waals surface area contributed by atoms with E-state index in [9.17, 15) is 9.18 Å². The van der Waals surface area contributed by atoms with Crippen LogP contribution in [0, 0.1) is 12.7 Å². The van der Waals surface area contributed by atoms with Gasteiger partial charge in [0.05, 0.1) is 10.7 Å². The van der Waals surface area contributed by atoms with Gasteiger partial charge in [-0.3, -0.25) is 9.36 Å². The molecule has 4 aromatic rings. The van der Waals surface area contributed by atoms with Crippen molar-refractivity contribution in [1.29, 1.82) is 0 Å². The van der Waals surface area contributed by atoms with E-state index in [1.807, 2.05) is 6.07 Å². The quantitative estimate of drug-likeness (QED) is 0.386. The summed E-state index contributed by atoms with van der Waals surface area (Å²) in [4.78, 5) is 12.2. The molecule has 0 radical (unpaired) electrons. The van der Waals surface area contributed by atoms with Crippen LogP contribution in [0.4, 0.5) is 10.2 Å². The number of halogens is 2. The fourth-order valence-corrected chi connectivity index (χ4v) is 4.00. The van der Waals surface area contributed by atoms with Crippen LogP contribution in [-0.2, 0) is 4.79 Å². The molecule has 10 heteroatoms. The first-order chi connectivity index (χ1) is 15.0. The Hall–Kier alpha value is -3.17. The van der Waals surface area contributed by atoms with Crippen molar-refractivity contribution in [2.75, 3.05) is 11.1 Å². The number of benzene rings is 2. The van der Waals surface area contributed by atoms with Gasteiger partial charge in [0.1, 0.15) is 11.6 Å². The molecule has 7 nitrogen and oxygen atoms in total. The number of hydrogen-bond acceptors (Lipinski definition) is 6. The Morgan fingerprint density at radius 2 is 1.97 bits per heavy atom. The van der Waals surface area contributed by atoms with E-state index in [0.29, 0.717) is 44.6 Å². The van der Waals surface area contributed by atoms with E-state index >= 15 is 0 Å². The second-order valence-corrected chi connectivity index (χ2v) is 8.01. The fraction of sp³-hybridized carbons (Fsp3) is 0.143. The minimum absolute atomic E-state index is 0.197. The first-order valence-corrected chi connectivity index (χ1v) is 10.7. The van der Waals surface area contributed by atoms with Gasteiger partial charge in [-0.05, 0) is 31.2 Å². The molecule has 0 unspecified atom stereocenters. The third-order valence-corrected chi connectivity index (χ3v) is 5.56. The highest BCUT2D eigenvalue weighted by Gasteiger charge is 2.20. The molecule has 0 aliphatic carbocycles. The average Bonchev–Trinajstić information content (AvgIpc) is 3.35. The summed E-state index contributed by atoms with van der Waals surface area (Å²) in [5.41, 5.74) is 0.929. The summed E-state index contributed by atoms with van der Waals surface area (Å²) in [6, 6.07) is 15.2. The molecular weight excluding hydrogens is 441 g/mol. The summed E-state index contributed by atoms with van der Waals surface area (Å²) in [5, 5.41) is 15.8. The van der Waals surface area contributed by atoms with E-state index in [1.165, 1.54) is 17.8 Å². The summed E-state index contributed by atoms with van der Waals surface area (Å²) in [6.45, 7) is 1.74. The van der Waals surface area contributed by atoms with Crippen LogP contribution in [-0.4, -0.2) is 31.6 Å². The van der Waals surface area contributed by atoms with Gasteiger partial charge in [0.15, 0.2) is 16.8 Å². The monoisotopic (exact) mass is 457 g/mol. The van der Waals surface area contributed by atoms with Crippen molar-refractivity contribution < 1.29 is 13.7 Å². The number of nitrogens with zero attached hydrogens (tertiary/aromatic N) is 4. The Bertz CT molecular complexity index is 1230. The number of anilines is 1. The summed E-state index contributed by atoms with van der Waals surface area (Å²) in [6.07, 6.45) is 0.197. The minimum Gasteiger partial charge on any atom is -0.360 e. The van der Waals surface area contributed by atoms with Crippen molar-refractivity contribution in [3.8, 4) is 17.1 Å². The molecule has 1 N–H and O–H groups in total. The number of thioether (sulfide) groups is 1. The summed E-state index contributed by atoms with van der Waals surface area (Å²) < 4.78 is 21.2. The zero-order valence-corrected chi connectivity index (χ0v) is 18.0. The van der Waals surface area contributed by atoms with Crippen molar-refractivity contribution in [3.05, 3.63) is 71.2 Å². The van der Waals surface area contributed by atoms with Crippen molar-refractivity contribution >= 4 is 35.1 Å². The number of rotatable bonds is 7. The highest BCUT2D eigenvalue weighted by Crippen LogP contribution is 2.32. The van der Waals surface area contributed by atoms with Gasteiger partial charge in [-0.25, -0.2) is 4.39 Å². The average molecular weight is 458 g/mol. The third-order valence-electron chi connectivity index (χ3n) is 4.30. The van der Waals surface area contributed by atoms with E-state index in [4.69, 9.17) is 16.1 Å². The molecular formula is C21H17ClFN5O2S. The molecule has 0 fully saturated rings. The van der Waals surface area contributed by atoms with Crippen molar-refractivity contribution in [2.45, 2.75) is 18.5 Å². The van der Waals surface area contributed by atoms with Crippen molar-refractivity contribution in [2.24, 2.45) is 0 Å². The number of amides is 1. The highest BCUT2D eigenvalue weighted by molar-refractivity contribution is 7.99. The minimum atomic E-state index is -0.420. The normalized spacial score (nSPS) is 10.9. The Labute approximate surface area is 186 Å². The van der Waals surface area contributed by atoms with Gasteiger partial charge in [-0.1, -0.05) is 52.8 Å². The maximum Gasteiger partial charge on any atom is 0.226 e. The van der Waals surface area contributed by atoms with Crippen LogP contribution in [0.3, 0.4) is 0 Å². The molecule has 2 heterocycles. The smallest absolute Gasteiger partial charge is 0.226 e.